The summed E-state index contributed by atoms with van der Waals surface area (Å²) in [5.74, 6) is 0.488. The lowest BCUT2D eigenvalue weighted by atomic mass is 9.95. The van der Waals surface area contributed by atoms with E-state index in [1.165, 1.54) is 21.9 Å². The van der Waals surface area contributed by atoms with Crippen molar-refractivity contribution in [3.05, 3.63) is 66.4 Å². The van der Waals surface area contributed by atoms with Crippen LogP contribution in [0.5, 0.6) is 0 Å². The Labute approximate surface area is 113 Å². The number of hydrogen-bond donors (Lipinski definition) is 0. The second-order valence-corrected chi connectivity index (χ2v) is 5.13. The summed E-state index contributed by atoms with van der Waals surface area (Å²) in [6.45, 7) is 4.43. The van der Waals surface area contributed by atoms with Gasteiger partial charge in [-0.25, -0.2) is 0 Å². The average molecular weight is 247 g/mol. The molecular formula is C18H17N. The maximum Gasteiger partial charge on any atom is 0.0780 e. The molecule has 0 fully saturated rings. The molecule has 0 saturated carbocycles. The number of benzene rings is 2. The molecule has 0 bridgehead atoms. The molecule has 1 nitrogen and oxygen atoms in total. The fourth-order valence-corrected chi connectivity index (χ4v) is 2.50. The van der Waals surface area contributed by atoms with Gasteiger partial charge in [0.1, 0.15) is 0 Å². The van der Waals surface area contributed by atoms with E-state index in [0.717, 1.165) is 5.69 Å². The van der Waals surface area contributed by atoms with E-state index in [4.69, 9.17) is 4.98 Å². The first-order chi connectivity index (χ1) is 9.27. The second kappa shape index (κ2) is 4.85. The molecule has 0 radical (unpaired) electrons. The Bertz CT molecular complexity index is 699. The number of aromatic nitrogens is 1. The molecule has 94 valence electrons. The lowest BCUT2D eigenvalue weighted by Crippen LogP contribution is -1.94. The smallest absolute Gasteiger partial charge is 0.0780 e. The van der Waals surface area contributed by atoms with E-state index >= 15 is 0 Å². The quantitative estimate of drug-likeness (QED) is 0.619. The van der Waals surface area contributed by atoms with Gasteiger partial charge in [-0.05, 0) is 16.9 Å². The molecular weight excluding hydrogens is 230 g/mol. The first-order valence-electron chi connectivity index (χ1n) is 6.70. The minimum Gasteiger partial charge on any atom is -0.255 e. The zero-order valence-electron chi connectivity index (χ0n) is 11.3. The summed E-state index contributed by atoms with van der Waals surface area (Å²) < 4.78 is 0. The minimum atomic E-state index is 0.488. The van der Waals surface area contributed by atoms with Gasteiger partial charge in [-0.1, -0.05) is 68.4 Å². The fourth-order valence-electron chi connectivity index (χ4n) is 2.50. The van der Waals surface area contributed by atoms with Crippen LogP contribution in [0.15, 0.2) is 60.8 Å². The van der Waals surface area contributed by atoms with Crippen LogP contribution < -0.4 is 0 Å². The molecule has 0 aliphatic heterocycles. The maximum absolute atomic E-state index is 4.70. The number of nitrogens with zero attached hydrogens (tertiary/aromatic N) is 1. The molecule has 1 aromatic heterocycles. The molecule has 3 aromatic rings. The first-order valence-corrected chi connectivity index (χ1v) is 6.70. The lowest BCUT2D eigenvalue weighted by Gasteiger charge is -2.12. The van der Waals surface area contributed by atoms with Crippen LogP contribution in [0.4, 0.5) is 0 Å². The Kier molecular flexibility index (Phi) is 3.04. The van der Waals surface area contributed by atoms with Crippen molar-refractivity contribution in [1.29, 1.82) is 0 Å². The van der Waals surface area contributed by atoms with E-state index in [9.17, 15) is 0 Å². The third kappa shape index (κ3) is 2.12. The molecule has 0 aliphatic carbocycles. The van der Waals surface area contributed by atoms with E-state index in [0.29, 0.717) is 5.92 Å². The summed E-state index contributed by atoms with van der Waals surface area (Å²) in [6.07, 6.45) is 2.02. The van der Waals surface area contributed by atoms with Crippen LogP contribution in [-0.4, -0.2) is 4.98 Å². The molecule has 2 aromatic carbocycles. The van der Waals surface area contributed by atoms with Gasteiger partial charge in [-0.2, -0.15) is 0 Å². The Morgan fingerprint density at radius 3 is 2.11 bits per heavy atom. The van der Waals surface area contributed by atoms with Gasteiger partial charge in [0, 0.05) is 17.1 Å². The number of pyridine rings is 1. The molecule has 0 unspecified atom stereocenters. The SMILES string of the molecule is CC(C)c1cnc(-c2ccccc2)c2ccccc12. The van der Waals surface area contributed by atoms with Crippen molar-refractivity contribution >= 4 is 10.8 Å². The Balaban J connectivity index is 2.31. The molecule has 0 N–H and O–H groups in total. The van der Waals surface area contributed by atoms with Gasteiger partial charge >= 0.3 is 0 Å². The van der Waals surface area contributed by atoms with E-state index < -0.39 is 0 Å². The van der Waals surface area contributed by atoms with Crippen molar-refractivity contribution < 1.29 is 0 Å². The van der Waals surface area contributed by atoms with Crippen molar-refractivity contribution in [1.82, 2.24) is 4.98 Å². The highest BCUT2D eigenvalue weighted by molar-refractivity contribution is 5.96. The monoisotopic (exact) mass is 247 g/mol. The summed E-state index contributed by atoms with van der Waals surface area (Å²) in [5.41, 5.74) is 3.56. The molecule has 0 saturated heterocycles. The Hall–Kier alpha value is -2.15. The van der Waals surface area contributed by atoms with Crippen molar-refractivity contribution in [3.8, 4) is 11.3 Å². The summed E-state index contributed by atoms with van der Waals surface area (Å²) in [5, 5.41) is 2.55. The second-order valence-electron chi connectivity index (χ2n) is 5.13. The lowest BCUT2D eigenvalue weighted by molar-refractivity contribution is 0.869. The van der Waals surface area contributed by atoms with Crippen LogP contribution in [0, 0.1) is 0 Å². The number of fused-ring (bicyclic) bond motifs is 1. The fraction of sp³-hybridized carbons (Fsp3) is 0.167. The molecule has 1 heterocycles. The molecule has 19 heavy (non-hydrogen) atoms. The molecule has 1 heteroatoms. The normalized spacial score (nSPS) is 11.1. The molecule has 0 spiro atoms. The molecule has 0 aliphatic rings. The van der Waals surface area contributed by atoms with Crippen molar-refractivity contribution in [2.45, 2.75) is 19.8 Å². The van der Waals surface area contributed by atoms with Crippen LogP contribution in [0.3, 0.4) is 0 Å². The third-order valence-electron chi connectivity index (χ3n) is 3.50. The van der Waals surface area contributed by atoms with Gasteiger partial charge in [0.25, 0.3) is 0 Å². The third-order valence-corrected chi connectivity index (χ3v) is 3.50. The summed E-state index contributed by atoms with van der Waals surface area (Å²) in [4.78, 5) is 4.70. The minimum absolute atomic E-state index is 0.488. The Morgan fingerprint density at radius 2 is 1.42 bits per heavy atom. The number of hydrogen-bond acceptors (Lipinski definition) is 1. The molecule has 0 amide bonds. The summed E-state index contributed by atoms with van der Waals surface area (Å²) in [6, 6.07) is 18.9. The topological polar surface area (TPSA) is 12.9 Å². The number of rotatable bonds is 2. The van der Waals surface area contributed by atoms with Crippen molar-refractivity contribution in [2.75, 3.05) is 0 Å². The van der Waals surface area contributed by atoms with E-state index in [2.05, 4.69) is 62.4 Å². The van der Waals surface area contributed by atoms with Crippen LogP contribution in [0.2, 0.25) is 0 Å². The van der Waals surface area contributed by atoms with Gasteiger partial charge in [-0.3, -0.25) is 4.98 Å². The van der Waals surface area contributed by atoms with Crippen molar-refractivity contribution in [2.24, 2.45) is 0 Å². The largest absolute Gasteiger partial charge is 0.255 e. The van der Waals surface area contributed by atoms with Crippen LogP contribution in [0.1, 0.15) is 25.3 Å². The van der Waals surface area contributed by atoms with E-state index in [1.54, 1.807) is 0 Å². The van der Waals surface area contributed by atoms with Crippen LogP contribution >= 0.6 is 0 Å². The maximum atomic E-state index is 4.70. The van der Waals surface area contributed by atoms with Gasteiger partial charge in [0.15, 0.2) is 0 Å². The molecule has 0 atom stereocenters. The zero-order valence-corrected chi connectivity index (χ0v) is 11.3. The molecule has 3 rings (SSSR count). The highest BCUT2D eigenvalue weighted by Gasteiger charge is 2.10. The zero-order chi connectivity index (χ0) is 13.2. The van der Waals surface area contributed by atoms with Gasteiger partial charge in [0.05, 0.1) is 5.69 Å². The first kappa shape index (κ1) is 11.9. The van der Waals surface area contributed by atoms with Gasteiger partial charge in [-0.15, -0.1) is 0 Å². The highest BCUT2D eigenvalue weighted by Crippen LogP contribution is 2.31. The van der Waals surface area contributed by atoms with E-state index in [-0.39, 0.29) is 0 Å². The average Bonchev–Trinajstić information content (AvgIpc) is 2.47. The van der Waals surface area contributed by atoms with Gasteiger partial charge in [0.2, 0.25) is 0 Å². The predicted octanol–water partition coefficient (Wildman–Crippen LogP) is 5.03. The van der Waals surface area contributed by atoms with Crippen LogP contribution in [-0.2, 0) is 0 Å². The summed E-state index contributed by atoms with van der Waals surface area (Å²) in [7, 11) is 0. The van der Waals surface area contributed by atoms with Crippen LogP contribution in [0.25, 0.3) is 22.0 Å². The van der Waals surface area contributed by atoms with Crippen molar-refractivity contribution in [3.63, 3.8) is 0 Å². The predicted molar refractivity (Wildman–Crippen MR) is 81.3 cm³/mol. The Morgan fingerprint density at radius 1 is 0.789 bits per heavy atom. The van der Waals surface area contributed by atoms with E-state index in [1.807, 2.05) is 12.3 Å². The highest BCUT2D eigenvalue weighted by atomic mass is 14.7. The summed E-state index contributed by atoms with van der Waals surface area (Å²) >= 11 is 0. The standard InChI is InChI=1S/C18H17N/c1-13(2)17-12-19-18(14-8-4-3-5-9-14)16-11-7-6-10-15(16)17/h3-13H,1-2H3. The van der Waals surface area contributed by atoms with Gasteiger partial charge < -0.3 is 0 Å².